The van der Waals surface area contributed by atoms with Crippen LogP contribution in [0.25, 0.3) is 10.6 Å². The summed E-state index contributed by atoms with van der Waals surface area (Å²) in [5.74, 6) is 0.191. The average molecular weight is 276 g/mol. The van der Waals surface area contributed by atoms with Crippen LogP contribution in [0.3, 0.4) is 0 Å². The molecule has 0 bridgehead atoms. The Kier molecular flexibility index (Phi) is 3.00. The number of halogens is 1. The summed E-state index contributed by atoms with van der Waals surface area (Å²) >= 11 is 1.54. The van der Waals surface area contributed by atoms with Gasteiger partial charge in [0.2, 0.25) is 0 Å². The van der Waals surface area contributed by atoms with E-state index in [2.05, 4.69) is 5.16 Å². The van der Waals surface area contributed by atoms with Gasteiger partial charge in [0.25, 0.3) is 5.56 Å². The lowest BCUT2D eigenvalue weighted by atomic mass is 10.3. The molecule has 3 heterocycles. The first kappa shape index (κ1) is 11.9. The highest BCUT2D eigenvalue weighted by atomic mass is 32.1. The van der Waals surface area contributed by atoms with Crippen LogP contribution in [0.1, 0.15) is 5.69 Å². The Morgan fingerprint density at radius 1 is 1.37 bits per heavy atom. The van der Waals surface area contributed by atoms with Gasteiger partial charge in [-0.25, -0.2) is 4.39 Å². The normalized spacial score (nSPS) is 10.8. The van der Waals surface area contributed by atoms with E-state index in [4.69, 9.17) is 4.52 Å². The predicted octanol–water partition coefficient (Wildman–Crippen LogP) is 2.75. The van der Waals surface area contributed by atoms with Crippen molar-refractivity contribution < 1.29 is 8.91 Å². The molecule has 6 heteroatoms. The summed E-state index contributed by atoms with van der Waals surface area (Å²) in [6, 6.07) is 7.92. The maximum Gasteiger partial charge on any atom is 0.251 e. The van der Waals surface area contributed by atoms with Crippen molar-refractivity contribution in [1.29, 1.82) is 0 Å². The third kappa shape index (κ3) is 2.48. The van der Waals surface area contributed by atoms with Gasteiger partial charge in [-0.15, -0.1) is 11.3 Å². The topological polar surface area (TPSA) is 48.0 Å². The molecule has 0 unspecified atom stereocenters. The van der Waals surface area contributed by atoms with Crippen molar-refractivity contribution in [2.75, 3.05) is 0 Å². The summed E-state index contributed by atoms with van der Waals surface area (Å²) in [4.78, 5) is 12.5. The molecule has 0 saturated heterocycles. The van der Waals surface area contributed by atoms with Crippen molar-refractivity contribution in [2.45, 2.75) is 6.54 Å². The Balaban J connectivity index is 1.88. The molecule has 0 aliphatic carbocycles. The van der Waals surface area contributed by atoms with Crippen molar-refractivity contribution in [3.05, 3.63) is 63.8 Å². The molecule has 0 amide bonds. The van der Waals surface area contributed by atoms with Gasteiger partial charge >= 0.3 is 0 Å². The zero-order valence-corrected chi connectivity index (χ0v) is 10.6. The van der Waals surface area contributed by atoms with E-state index in [1.54, 1.807) is 6.07 Å². The summed E-state index contributed by atoms with van der Waals surface area (Å²) in [6.07, 6.45) is 1.15. The van der Waals surface area contributed by atoms with Crippen LogP contribution < -0.4 is 5.56 Å². The van der Waals surface area contributed by atoms with Crippen molar-refractivity contribution in [3.8, 4) is 10.6 Å². The van der Waals surface area contributed by atoms with Gasteiger partial charge in [0.05, 0.1) is 11.4 Å². The number of aromatic nitrogens is 2. The zero-order valence-electron chi connectivity index (χ0n) is 9.75. The molecule has 0 spiro atoms. The molecule has 3 aromatic rings. The van der Waals surface area contributed by atoms with Crippen molar-refractivity contribution in [2.24, 2.45) is 0 Å². The molecule has 0 aliphatic heterocycles. The Hall–Kier alpha value is -2.21. The molecule has 0 aliphatic rings. The van der Waals surface area contributed by atoms with Gasteiger partial charge in [0, 0.05) is 18.3 Å². The third-order valence-electron chi connectivity index (χ3n) is 2.60. The number of hydrogen-bond acceptors (Lipinski definition) is 4. The fraction of sp³-hybridized carbons (Fsp3) is 0.0769. The van der Waals surface area contributed by atoms with Gasteiger partial charge < -0.3 is 9.09 Å². The van der Waals surface area contributed by atoms with Crippen LogP contribution in [0.15, 0.2) is 51.2 Å². The zero-order chi connectivity index (χ0) is 13.2. The second kappa shape index (κ2) is 4.81. The number of thiophene rings is 1. The quantitative estimate of drug-likeness (QED) is 0.739. The Labute approximate surface area is 111 Å². The molecule has 96 valence electrons. The second-order valence-electron chi connectivity index (χ2n) is 3.97. The molecule has 4 nitrogen and oxygen atoms in total. The molecule has 3 aromatic heterocycles. The molecule has 0 radical (unpaired) electrons. The SMILES string of the molecule is O=c1ccc(F)cn1Cc1cc(-c2cccs2)on1. The van der Waals surface area contributed by atoms with Crippen LogP contribution in [0, 0.1) is 5.82 Å². The first-order valence-electron chi connectivity index (χ1n) is 5.58. The summed E-state index contributed by atoms with van der Waals surface area (Å²) in [5, 5.41) is 5.83. The van der Waals surface area contributed by atoms with Crippen LogP contribution in [0.5, 0.6) is 0 Å². The second-order valence-corrected chi connectivity index (χ2v) is 4.92. The first-order chi connectivity index (χ1) is 9.22. The number of nitrogens with zero attached hydrogens (tertiary/aromatic N) is 2. The number of pyridine rings is 1. The summed E-state index contributed by atoms with van der Waals surface area (Å²) in [7, 11) is 0. The maximum absolute atomic E-state index is 13.1. The monoisotopic (exact) mass is 276 g/mol. The van der Waals surface area contributed by atoms with Gasteiger partial charge in [-0.1, -0.05) is 11.2 Å². The van der Waals surface area contributed by atoms with E-state index in [0.717, 1.165) is 17.1 Å². The average Bonchev–Trinajstić information content (AvgIpc) is 3.04. The lowest BCUT2D eigenvalue weighted by Crippen LogP contribution is -2.19. The standard InChI is InChI=1S/C13H9FN2O2S/c14-9-3-4-13(17)16(7-9)8-10-6-11(18-15-10)12-2-1-5-19-12/h1-7H,8H2. The van der Waals surface area contributed by atoms with Crippen LogP contribution in [-0.2, 0) is 6.54 Å². The summed E-state index contributed by atoms with van der Waals surface area (Å²) in [6.45, 7) is 0.186. The first-order valence-corrected chi connectivity index (χ1v) is 6.46. The molecular formula is C13H9FN2O2S. The fourth-order valence-electron chi connectivity index (χ4n) is 1.72. The molecule has 19 heavy (non-hydrogen) atoms. The molecular weight excluding hydrogens is 267 g/mol. The lowest BCUT2D eigenvalue weighted by Gasteiger charge is -2.01. The van der Waals surface area contributed by atoms with E-state index in [9.17, 15) is 9.18 Å². The van der Waals surface area contributed by atoms with E-state index in [-0.39, 0.29) is 12.1 Å². The third-order valence-corrected chi connectivity index (χ3v) is 3.49. The van der Waals surface area contributed by atoms with E-state index in [0.29, 0.717) is 11.5 Å². The Morgan fingerprint density at radius 3 is 3.05 bits per heavy atom. The smallest absolute Gasteiger partial charge is 0.251 e. The molecule has 0 N–H and O–H groups in total. The van der Waals surface area contributed by atoms with E-state index in [1.807, 2.05) is 17.5 Å². The highest BCUT2D eigenvalue weighted by molar-refractivity contribution is 7.13. The van der Waals surface area contributed by atoms with Crippen LogP contribution in [-0.4, -0.2) is 9.72 Å². The Bertz CT molecular complexity index is 746. The highest BCUT2D eigenvalue weighted by Crippen LogP contribution is 2.25. The van der Waals surface area contributed by atoms with Crippen molar-refractivity contribution in [1.82, 2.24) is 9.72 Å². The molecule has 0 saturated carbocycles. The van der Waals surface area contributed by atoms with Gasteiger partial charge in [-0.2, -0.15) is 0 Å². The highest BCUT2D eigenvalue weighted by Gasteiger charge is 2.08. The van der Waals surface area contributed by atoms with Gasteiger partial charge in [-0.05, 0) is 17.5 Å². The van der Waals surface area contributed by atoms with E-state index in [1.165, 1.54) is 22.0 Å². The van der Waals surface area contributed by atoms with Gasteiger partial charge in [0.15, 0.2) is 5.76 Å². The van der Waals surface area contributed by atoms with Gasteiger partial charge in [-0.3, -0.25) is 4.79 Å². The minimum atomic E-state index is -0.457. The van der Waals surface area contributed by atoms with E-state index < -0.39 is 5.82 Å². The van der Waals surface area contributed by atoms with Crippen LogP contribution >= 0.6 is 11.3 Å². The van der Waals surface area contributed by atoms with E-state index >= 15 is 0 Å². The molecule has 3 rings (SSSR count). The number of hydrogen-bond donors (Lipinski definition) is 0. The molecule has 0 atom stereocenters. The minimum Gasteiger partial charge on any atom is -0.355 e. The summed E-state index contributed by atoms with van der Waals surface area (Å²) < 4.78 is 19.5. The minimum absolute atomic E-state index is 0.186. The maximum atomic E-state index is 13.1. The largest absolute Gasteiger partial charge is 0.355 e. The summed E-state index contributed by atoms with van der Waals surface area (Å²) in [5.41, 5.74) is 0.304. The van der Waals surface area contributed by atoms with Crippen LogP contribution in [0.4, 0.5) is 4.39 Å². The fourth-order valence-corrected chi connectivity index (χ4v) is 2.39. The van der Waals surface area contributed by atoms with Crippen LogP contribution in [0.2, 0.25) is 0 Å². The number of rotatable bonds is 3. The molecule has 0 fully saturated rings. The lowest BCUT2D eigenvalue weighted by molar-refractivity contribution is 0.421. The van der Waals surface area contributed by atoms with Gasteiger partial charge in [0.1, 0.15) is 11.5 Å². The predicted molar refractivity (Wildman–Crippen MR) is 69.6 cm³/mol. The Morgan fingerprint density at radius 2 is 2.26 bits per heavy atom. The van der Waals surface area contributed by atoms with Crippen molar-refractivity contribution >= 4 is 11.3 Å². The molecule has 0 aromatic carbocycles. The van der Waals surface area contributed by atoms with Crippen molar-refractivity contribution in [3.63, 3.8) is 0 Å².